The second-order valence-corrected chi connectivity index (χ2v) is 6.74. The van der Waals surface area contributed by atoms with Crippen molar-refractivity contribution in [1.82, 2.24) is 24.9 Å². The van der Waals surface area contributed by atoms with Crippen LogP contribution in [-0.2, 0) is 16.1 Å². The summed E-state index contributed by atoms with van der Waals surface area (Å²) in [6.45, 7) is 5.10. The minimum atomic E-state index is 0.123. The zero-order valence-corrected chi connectivity index (χ0v) is 14.7. The highest BCUT2D eigenvalue weighted by atomic mass is 16.5. The maximum atomic E-state index is 12.6. The predicted octanol–water partition coefficient (Wildman–Crippen LogP) is 1.20. The van der Waals surface area contributed by atoms with Crippen LogP contribution in [0, 0.1) is 5.92 Å². The molecule has 2 aromatic rings. The number of morpholine rings is 1. The fourth-order valence-electron chi connectivity index (χ4n) is 3.50. The number of hydrogen-bond acceptors (Lipinski definition) is 7. The maximum absolute atomic E-state index is 12.6. The highest BCUT2D eigenvalue weighted by molar-refractivity contribution is 5.79. The van der Waals surface area contributed by atoms with E-state index < -0.39 is 0 Å². The molecular weight excluding hydrogens is 334 g/mol. The van der Waals surface area contributed by atoms with Crippen LogP contribution >= 0.6 is 0 Å². The van der Waals surface area contributed by atoms with Gasteiger partial charge in [0.05, 0.1) is 19.8 Å². The topological polar surface area (TPSA) is 84.6 Å². The van der Waals surface area contributed by atoms with Crippen LogP contribution in [0.4, 0.5) is 0 Å². The average molecular weight is 357 g/mol. The Kier molecular flexibility index (Phi) is 5.21. The molecule has 2 saturated heterocycles. The van der Waals surface area contributed by atoms with Gasteiger partial charge >= 0.3 is 0 Å². The molecule has 0 aliphatic carbocycles. The van der Waals surface area contributed by atoms with Crippen LogP contribution in [0.25, 0.3) is 11.4 Å². The zero-order valence-electron chi connectivity index (χ0n) is 14.7. The van der Waals surface area contributed by atoms with Crippen LogP contribution < -0.4 is 0 Å². The van der Waals surface area contributed by atoms with Crippen molar-refractivity contribution in [3.05, 3.63) is 30.4 Å². The molecule has 4 heterocycles. The van der Waals surface area contributed by atoms with Gasteiger partial charge in [0.15, 0.2) is 0 Å². The van der Waals surface area contributed by atoms with Crippen LogP contribution in [0.2, 0.25) is 0 Å². The van der Waals surface area contributed by atoms with Gasteiger partial charge in [-0.05, 0) is 38.1 Å². The zero-order chi connectivity index (χ0) is 17.8. The molecule has 8 heteroatoms. The van der Waals surface area contributed by atoms with Gasteiger partial charge in [0, 0.05) is 37.0 Å². The molecule has 2 aromatic heterocycles. The molecule has 0 aromatic carbocycles. The number of nitrogens with zero attached hydrogens (tertiary/aromatic N) is 5. The van der Waals surface area contributed by atoms with E-state index in [-0.39, 0.29) is 11.8 Å². The molecule has 138 valence electrons. The third-order valence-corrected chi connectivity index (χ3v) is 5.01. The molecular formula is C18H23N5O3. The standard InChI is InChI=1S/C18H23N5O3/c24-18(23-8-10-25-11-9-23)14-3-6-22(7-4-14)13-16-20-17(21-26-16)15-2-1-5-19-12-15/h1-2,5,12,14H,3-4,6-11,13H2. The Balaban J connectivity index is 1.29. The molecule has 26 heavy (non-hydrogen) atoms. The Hall–Kier alpha value is -2.32. The van der Waals surface area contributed by atoms with Gasteiger partial charge in [-0.25, -0.2) is 0 Å². The number of carbonyl (C=O) groups excluding carboxylic acids is 1. The van der Waals surface area contributed by atoms with Crippen molar-refractivity contribution >= 4 is 5.91 Å². The number of ether oxygens (including phenoxy) is 1. The van der Waals surface area contributed by atoms with Gasteiger partial charge < -0.3 is 14.2 Å². The summed E-state index contributed by atoms with van der Waals surface area (Å²) in [6, 6.07) is 3.76. The van der Waals surface area contributed by atoms with Crippen LogP contribution in [0.15, 0.2) is 29.0 Å². The molecule has 2 aliphatic heterocycles. The fourth-order valence-corrected chi connectivity index (χ4v) is 3.50. The van der Waals surface area contributed by atoms with Gasteiger partial charge in [0.1, 0.15) is 0 Å². The van der Waals surface area contributed by atoms with Gasteiger partial charge in [-0.3, -0.25) is 14.7 Å². The first kappa shape index (κ1) is 17.1. The SMILES string of the molecule is O=C(C1CCN(Cc2nc(-c3cccnc3)no2)CC1)N1CCOCC1. The molecule has 2 fully saturated rings. The Morgan fingerprint density at radius 1 is 1.19 bits per heavy atom. The van der Waals surface area contributed by atoms with Crippen molar-refractivity contribution in [2.45, 2.75) is 19.4 Å². The van der Waals surface area contributed by atoms with Crippen molar-refractivity contribution in [2.24, 2.45) is 5.92 Å². The van der Waals surface area contributed by atoms with E-state index in [0.717, 1.165) is 44.6 Å². The largest absolute Gasteiger partial charge is 0.378 e. The number of likely N-dealkylation sites (tertiary alicyclic amines) is 1. The lowest BCUT2D eigenvalue weighted by atomic mass is 9.95. The summed E-state index contributed by atoms with van der Waals surface area (Å²) >= 11 is 0. The van der Waals surface area contributed by atoms with Crippen molar-refractivity contribution < 1.29 is 14.1 Å². The van der Waals surface area contributed by atoms with E-state index in [0.29, 0.717) is 31.5 Å². The third kappa shape index (κ3) is 3.91. The molecule has 0 atom stereocenters. The summed E-state index contributed by atoms with van der Waals surface area (Å²) in [4.78, 5) is 25.3. The summed E-state index contributed by atoms with van der Waals surface area (Å²) in [5, 5.41) is 4.03. The smallest absolute Gasteiger partial charge is 0.241 e. The molecule has 1 amide bonds. The first-order chi connectivity index (χ1) is 12.8. The minimum Gasteiger partial charge on any atom is -0.378 e. The van der Waals surface area contributed by atoms with Crippen molar-refractivity contribution in [2.75, 3.05) is 39.4 Å². The van der Waals surface area contributed by atoms with Gasteiger partial charge in [0.25, 0.3) is 0 Å². The van der Waals surface area contributed by atoms with E-state index >= 15 is 0 Å². The Morgan fingerprint density at radius 3 is 2.73 bits per heavy atom. The van der Waals surface area contributed by atoms with Gasteiger partial charge in [0.2, 0.25) is 17.6 Å². The van der Waals surface area contributed by atoms with Crippen LogP contribution in [0.3, 0.4) is 0 Å². The van der Waals surface area contributed by atoms with E-state index in [4.69, 9.17) is 9.26 Å². The summed E-state index contributed by atoms with van der Waals surface area (Å²) in [5.74, 6) is 1.56. The third-order valence-electron chi connectivity index (χ3n) is 5.01. The molecule has 0 saturated carbocycles. The number of hydrogen-bond donors (Lipinski definition) is 0. The molecule has 0 N–H and O–H groups in total. The van der Waals surface area contributed by atoms with Crippen molar-refractivity contribution in [3.8, 4) is 11.4 Å². The lowest BCUT2D eigenvalue weighted by Crippen LogP contribution is -2.46. The quantitative estimate of drug-likeness (QED) is 0.813. The Bertz CT molecular complexity index is 721. The molecule has 0 radical (unpaired) electrons. The number of carbonyl (C=O) groups is 1. The molecule has 0 bridgehead atoms. The van der Waals surface area contributed by atoms with Gasteiger partial charge in [-0.2, -0.15) is 4.98 Å². The molecule has 8 nitrogen and oxygen atoms in total. The van der Waals surface area contributed by atoms with Gasteiger partial charge in [-0.15, -0.1) is 0 Å². The summed E-state index contributed by atoms with van der Waals surface area (Å²) in [5.41, 5.74) is 0.845. The first-order valence-corrected chi connectivity index (χ1v) is 9.11. The summed E-state index contributed by atoms with van der Waals surface area (Å²) < 4.78 is 10.7. The highest BCUT2D eigenvalue weighted by Gasteiger charge is 2.29. The fraction of sp³-hybridized carbons (Fsp3) is 0.556. The molecule has 0 unspecified atom stereocenters. The van der Waals surface area contributed by atoms with E-state index in [1.165, 1.54) is 0 Å². The number of piperidine rings is 1. The first-order valence-electron chi connectivity index (χ1n) is 9.11. The minimum absolute atomic E-state index is 0.123. The molecule has 4 rings (SSSR count). The lowest BCUT2D eigenvalue weighted by Gasteiger charge is -2.35. The number of amides is 1. The van der Waals surface area contributed by atoms with Gasteiger partial charge in [-0.1, -0.05) is 5.16 Å². The van der Waals surface area contributed by atoms with Crippen LogP contribution in [-0.4, -0.2) is 70.2 Å². The number of aromatic nitrogens is 3. The number of pyridine rings is 1. The summed E-state index contributed by atoms with van der Waals surface area (Å²) in [6.07, 6.45) is 5.18. The second-order valence-electron chi connectivity index (χ2n) is 6.74. The Labute approximate surface area is 152 Å². The van der Waals surface area contributed by atoms with Crippen LogP contribution in [0.5, 0.6) is 0 Å². The summed E-state index contributed by atoms with van der Waals surface area (Å²) in [7, 11) is 0. The Morgan fingerprint density at radius 2 is 2.00 bits per heavy atom. The molecule has 0 spiro atoms. The highest BCUT2D eigenvalue weighted by Crippen LogP contribution is 2.22. The van der Waals surface area contributed by atoms with Crippen LogP contribution in [0.1, 0.15) is 18.7 Å². The van der Waals surface area contributed by atoms with E-state index in [1.807, 2.05) is 17.0 Å². The maximum Gasteiger partial charge on any atom is 0.241 e. The number of rotatable bonds is 4. The van der Waals surface area contributed by atoms with Crippen molar-refractivity contribution in [1.29, 1.82) is 0 Å². The van der Waals surface area contributed by atoms with Crippen molar-refractivity contribution in [3.63, 3.8) is 0 Å². The molecule has 2 aliphatic rings. The van der Waals surface area contributed by atoms with E-state index in [2.05, 4.69) is 20.0 Å². The lowest BCUT2D eigenvalue weighted by molar-refractivity contribution is -0.141. The normalized spacial score (nSPS) is 19.6. The second kappa shape index (κ2) is 7.92. The van der Waals surface area contributed by atoms with E-state index in [1.54, 1.807) is 12.4 Å². The predicted molar refractivity (Wildman–Crippen MR) is 92.9 cm³/mol. The monoisotopic (exact) mass is 357 g/mol. The van der Waals surface area contributed by atoms with E-state index in [9.17, 15) is 4.79 Å². The average Bonchev–Trinajstić information content (AvgIpc) is 3.18.